The van der Waals surface area contributed by atoms with Crippen molar-refractivity contribution in [3.05, 3.63) is 23.5 Å². The first kappa shape index (κ1) is 11.5. The zero-order valence-electron chi connectivity index (χ0n) is 8.97. The Kier molecular flexibility index (Phi) is 4.24. The number of hydrogen-bond donors (Lipinski definition) is 1. The predicted octanol–water partition coefficient (Wildman–Crippen LogP) is 3.25. The van der Waals surface area contributed by atoms with Crippen LogP contribution in [-0.2, 0) is 5.75 Å². The third-order valence-electron chi connectivity index (χ3n) is 1.83. The molecule has 0 spiro atoms. The molecule has 0 unspecified atom stereocenters. The second-order valence-corrected chi connectivity index (χ2v) is 5.19. The molecule has 0 saturated carbocycles. The minimum atomic E-state index is 0.705. The smallest absolute Gasteiger partial charge is 0.255 e. The summed E-state index contributed by atoms with van der Waals surface area (Å²) in [5.74, 6) is 0.853. The lowest BCUT2D eigenvalue weighted by atomic mass is 10.5. The molecular formula is C10H13N3OS2. The van der Waals surface area contributed by atoms with Crippen molar-refractivity contribution in [1.82, 2.24) is 9.97 Å². The Bertz CT molecular complexity index is 413. The van der Waals surface area contributed by atoms with Gasteiger partial charge < -0.3 is 9.73 Å². The van der Waals surface area contributed by atoms with Gasteiger partial charge >= 0.3 is 0 Å². The van der Waals surface area contributed by atoms with Gasteiger partial charge in [-0.3, -0.25) is 0 Å². The minimum absolute atomic E-state index is 0.705. The van der Waals surface area contributed by atoms with Gasteiger partial charge in [-0.1, -0.05) is 18.7 Å². The molecule has 0 amide bonds. The van der Waals surface area contributed by atoms with Crippen LogP contribution >= 0.6 is 23.1 Å². The van der Waals surface area contributed by atoms with E-state index >= 15 is 0 Å². The van der Waals surface area contributed by atoms with Crippen LogP contribution in [0.5, 0.6) is 0 Å². The first-order valence-corrected chi connectivity index (χ1v) is 6.89. The van der Waals surface area contributed by atoms with Gasteiger partial charge in [-0.15, -0.1) is 11.3 Å². The van der Waals surface area contributed by atoms with E-state index in [0.717, 1.165) is 23.8 Å². The number of thiazole rings is 1. The van der Waals surface area contributed by atoms with Crippen molar-refractivity contribution in [3.8, 4) is 0 Å². The van der Waals surface area contributed by atoms with Crippen LogP contribution in [0, 0.1) is 0 Å². The lowest BCUT2D eigenvalue weighted by Crippen LogP contribution is -1.97. The van der Waals surface area contributed by atoms with Crippen LogP contribution < -0.4 is 5.32 Å². The summed E-state index contributed by atoms with van der Waals surface area (Å²) in [6.45, 7) is 3.11. The average molecular weight is 255 g/mol. The molecule has 0 fully saturated rings. The maximum atomic E-state index is 5.15. The highest BCUT2D eigenvalue weighted by atomic mass is 32.2. The van der Waals surface area contributed by atoms with Gasteiger partial charge in [0.2, 0.25) is 0 Å². The number of oxazole rings is 1. The van der Waals surface area contributed by atoms with E-state index in [1.54, 1.807) is 35.6 Å². The molecule has 16 heavy (non-hydrogen) atoms. The van der Waals surface area contributed by atoms with Crippen molar-refractivity contribution in [2.75, 3.05) is 11.9 Å². The van der Waals surface area contributed by atoms with E-state index in [-0.39, 0.29) is 0 Å². The molecule has 6 heteroatoms. The highest BCUT2D eigenvalue weighted by Crippen LogP contribution is 2.26. The van der Waals surface area contributed by atoms with E-state index in [0.29, 0.717) is 5.22 Å². The molecule has 2 aromatic rings. The van der Waals surface area contributed by atoms with E-state index in [9.17, 15) is 0 Å². The molecule has 0 aliphatic rings. The largest absolute Gasteiger partial charge is 0.440 e. The number of nitrogens with zero attached hydrogens (tertiary/aromatic N) is 2. The van der Waals surface area contributed by atoms with Crippen LogP contribution in [0.1, 0.15) is 18.2 Å². The minimum Gasteiger partial charge on any atom is -0.440 e. The fraction of sp³-hybridized carbons (Fsp3) is 0.400. The fourth-order valence-corrected chi connectivity index (χ4v) is 2.75. The molecule has 0 aliphatic carbocycles. The topological polar surface area (TPSA) is 51.0 Å². The second-order valence-electron chi connectivity index (χ2n) is 3.15. The Hall–Kier alpha value is -1.01. The summed E-state index contributed by atoms with van der Waals surface area (Å²) in [6.07, 6.45) is 6.26. The summed E-state index contributed by atoms with van der Waals surface area (Å²) in [4.78, 5) is 9.57. The summed E-state index contributed by atoms with van der Waals surface area (Å²) >= 11 is 3.26. The lowest BCUT2D eigenvalue weighted by Gasteiger charge is -1.96. The van der Waals surface area contributed by atoms with Gasteiger partial charge in [-0.25, -0.2) is 9.97 Å². The van der Waals surface area contributed by atoms with E-state index in [1.165, 1.54) is 4.88 Å². The third-order valence-corrected chi connectivity index (χ3v) is 3.87. The third kappa shape index (κ3) is 3.24. The van der Waals surface area contributed by atoms with Crippen molar-refractivity contribution in [2.24, 2.45) is 0 Å². The zero-order valence-corrected chi connectivity index (χ0v) is 10.6. The van der Waals surface area contributed by atoms with Crippen LogP contribution in [0.2, 0.25) is 0 Å². The maximum absolute atomic E-state index is 5.15. The molecule has 0 aromatic carbocycles. The van der Waals surface area contributed by atoms with Crippen LogP contribution in [0.3, 0.4) is 0 Å². The van der Waals surface area contributed by atoms with Crippen LogP contribution in [-0.4, -0.2) is 16.5 Å². The molecule has 2 heterocycles. The first-order valence-electron chi connectivity index (χ1n) is 5.09. The molecule has 0 aliphatic heterocycles. The fourth-order valence-electron chi connectivity index (χ4n) is 1.10. The number of hydrogen-bond acceptors (Lipinski definition) is 6. The molecule has 2 aromatic heterocycles. The van der Waals surface area contributed by atoms with Crippen LogP contribution in [0.15, 0.2) is 28.3 Å². The highest BCUT2D eigenvalue weighted by molar-refractivity contribution is 7.98. The van der Waals surface area contributed by atoms with Gasteiger partial charge in [-0.2, -0.15) is 0 Å². The van der Waals surface area contributed by atoms with E-state index < -0.39 is 0 Å². The first-order chi connectivity index (χ1) is 7.88. The Labute approximate surface area is 102 Å². The summed E-state index contributed by atoms with van der Waals surface area (Å²) in [6, 6.07) is 0. The van der Waals surface area contributed by atoms with Gasteiger partial charge in [0, 0.05) is 23.4 Å². The van der Waals surface area contributed by atoms with E-state index in [1.807, 2.05) is 6.20 Å². The Morgan fingerprint density at radius 1 is 1.50 bits per heavy atom. The monoisotopic (exact) mass is 255 g/mol. The van der Waals surface area contributed by atoms with E-state index in [4.69, 9.17) is 4.42 Å². The molecule has 0 saturated heterocycles. The molecule has 0 bridgehead atoms. The second kappa shape index (κ2) is 5.91. The van der Waals surface area contributed by atoms with Gasteiger partial charge in [0.1, 0.15) is 6.26 Å². The standard InChI is InChI=1S/C10H13N3OS2/c1-2-3-11-9-13-6-8(16-9)7-15-10-12-4-5-14-10/h4-6H,2-3,7H2,1H3,(H,11,13). The SMILES string of the molecule is CCCNc1ncc(CSc2ncco2)s1. The van der Waals surface area contributed by atoms with E-state index in [2.05, 4.69) is 22.2 Å². The molecule has 0 atom stereocenters. The number of rotatable bonds is 6. The van der Waals surface area contributed by atoms with Gasteiger partial charge in [0.25, 0.3) is 5.22 Å². The van der Waals surface area contributed by atoms with Crippen molar-refractivity contribution in [1.29, 1.82) is 0 Å². The molecule has 4 nitrogen and oxygen atoms in total. The Morgan fingerprint density at radius 2 is 2.44 bits per heavy atom. The molecule has 1 N–H and O–H groups in total. The van der Waals surface area contributed by atoms with Crippen LogP contribution in [0.4, 0.5) is 5.13 Å². The molecule has 0 radical (unpaired) electrons. The molecule has 86 valence electrons. The maximum Gasteiger partial charge on any atom is 0.255 e. The summed E-state index contributed by atoms with van der Waals surface area (Å²) in [5, 5.41) is 4.96. The number of nitrogens with one attached hydrogen (secondary N) is 1. The van der Waals surface area contributed by atoms with Gasteiger partial charge in [0.05, 0.1) is 6.20 Å². The average Bonchev–Trinajstić information content (AvgIpc) is 2.95. The van der Waals surface area contributed by atoms with Crippen molar-refractivity contribution < 1.29 is 4.42 Å². The van der Waals surface area contributed by atoms with Gasteiger partial charge in [0.15, 0.2) is 5.13 Å². The van der Waals surface area contributed by atoms with Crippen molar-refractivity contribution >= 4 is 28.2 Å². The summed E-state index contributed by atoms with van der Waals surface area (Å²) in [7, 11) is 0. The summed E-state index contributed by atoms with van der Waals surface area (Å²) < 4.78 is 5.15. The predicted molar refractivity (Wildman–Crippen MR) is 67.0 cm³/mol. The number of anilines is 1. The normalized spacial score (nSPS) is 10.6. The highest BCUT2D eigenvalue weighted by Gasteiger charge is 2.04. The zero-order chi connectivity index (χ0) is 11.2. The van der Waals surface area contributed by atoms with Crippen molar-refractivity contribution in [2.45, 2.75) is 24.3 Å². The number of aromatic nitrogens is 2. The quantitative estimate of drug-likeness (QED) is 0.803. The summed E-state index contributed by atoms with van der Waals surface area (Å²) in [5.41, 5.74) is 0. The Morgan fingerprint density at radius 3 is 3.19 bits per heavy atom. The number of thioether (sulfide) groups is 1. The Balaban J connectivity index is 1.83. The van der Waals surface area contributed by atoms with Crippen LogP contribution in [0.25, 0.3) is 0 Å². The molecular weight excluding hydrogens is 242 g/mol. The molecule has 2 rings (SSSR count). The van der Waals surface area contributed by atoms with Gasteiger partial charge in [-0.05, 0) is 6.42 Å². The lowest BCUT2D eigenvalue weighted by molar-refractivity contribution is 0.454. The van der Waals surface area contributed by atoms with Crippen molar-refractivity contribution in [3.63, 3.8) is 0 Å².